The van der Waals surface area contributed by atoms with Crippen LogP contribution in [0.4, 0.5) is 4.79 Å². The van der Waals surface area contributed by atoms with Gasteiger partial charge >= 0.3 is 12.0 Å². The molecule has 3 N–H and O–H groups in total. The lowest BCUT2D eigenvalue weighted by Crippen LogP contribution is -2.47. The van der Waals surface area contributed by atoms with Crippen LogP contribution >= 0.6 is 0 Å². The molecule has 0 aromatic carbocycles. The van der Waals surface area contributed by atoms with E-state index in [1.54, 1.807) is 11.9 Å². The highest BCUT2D eigenvalue weighted by Gasteiger charge is 2.30. The van der Waals surface area contributed by atoms with Crippen molar-refractivity contribution in [3.63, 3.8) is 0 Å². The molecule has 7 heteroatoms. The fraction of sp³-hybridized carbons (Fsp3) is 0.750. The molecule has 1 saturated heterocycles. The summed E-state index contributed by atoms with van der Waals surface area (Å²) in [5, 5.41) is 14.0. The Kier molecular flexibility index (Phi) is 5.59. The Morgan fingerprint density at radius 1 is 1.53 bits per heavy atom. The van der Waals surface area contributed by atoms with Crippen molar-refractivity contribution in [2.24, 2.45) is 5.92 Å². The molecule has 1 aliphatic heterocycles. The molecule has 108 valence electrons. The largest absolute Gasteiger partial charge is 0.481 e. The Morgan fingerprint density at radius 3 is 2.68 bits per heavy atom. The summed E-state index contributed by atoms with van der Waals surface area (Å²) in [5.74, 6) is -1.62. The molecule has 0 aromatic heterocycles. The van der Waals surface area contributed by atoms with Crippen LogP contribution in [0.2, 0.25) is 0 Å². The average Bonchev–Trinajstić information content (AvgIpc) is 2.66. The first kappa shape index (κ1) is 15.3. The van der Waals surface area contributed by atoms with Crippen LogP contribution in [0.15, 0.2) is 0 Å². The fourth-order valence-corrected chi connectivity index (χ4v) is 2.04. The molecule has 1 aliphatic rings. The summed E-state index contributed by atoms with van der Waals surface area (Å²) in [5.41, 5.74) is 0. The Balaban J connectivity index is 2.35. The lowest BCUT2D eigenvalue weighted by atomic mass is 10.0. The van der Waals surface area contributed by atoms with Crippen molar-refractivity contribution in [1.29, 1.82) is 0 Å². The maximum Gasteiger partial charge on any atom is 0.315 e. The molecule has 1 fully saturated rings. The third-order valence-electron chi connectivity index (χ3n) is 3.23. The van der Waals surface area contributed by atoms with E-state index >= 15 is 0 Å². The second-order valence-corrected chi connectivity index (χ2v) is 4.78. The number of nitrogens with one attached hydrogen (secondary N) is 2. The highest BCUT2D eigenvalue weighted by Crippen LogP contribution is 2.08. The van der Waals surface area contributed by atoms with Gasteiger partial charge in [-0.15, -0.1) is 0 Å². The lowest BCUT2D eigenvalue weighted by Gasteiger charge is -2.15. The number of amides is 3. The number of hydrogen-bond donors (Lipinski definition) is 3. The Bertz CT molecular complexity index is 359. The van der Waals surface area contributed by atoms with Gasteiger partial charge in [-0.2, -0.15) is 0 Å². The van der Waals surface area contributed by atoms with Crippen LogP contribution in [0.5, 0.6) is 0 Å². The van der Waals surface area contributed by atoms with Crippen molar-refractivity contribution >= 4 is 17.9 Å². The lowest BCUT2D eigenvalue weighted by molar-refractivity contribution is -0.141. The number of urea groups is 1. The summed E-state index contributed by atoms with van der Waals surface area (Å²) < 4.78 is 0. The average molecular weight is 271 g/mol. The number of likely N-dealkylation sites (N-methyl/N-ethyl adjacent to an activating group) is 1. The quantitative estimate of drug-likeness (QED) is 0.634. The van der Waals surface area contributed by atoms with Gasteiger partial charge in [0.1, 0.15) is 6.04 Å². The number of rotatable bonds is 6. The van der Waals surface area contributed by atoms with Crippen LogP contribution < -0.4 is 10.6 Å². The number of carbonyl (C=O) groups excluding carboxylic acids is 2. The molecule has 0 aliphatic carbocycles. The smallest absolute Gasteiger partial charge is 0.315 e. The molecule has 0 radical (unpaired) electrons. The number of carboxylic acid groups (broad SMARTS) is 1. The van der Waals surface area contributed by atoms with Gasteiger partial charge in [0, 0.05) is 20.1 Å². The molecule has 0 saturated carbocycles. The van der Waals surface area contributed by atoms with Crippen LogP contribution in [0, 0.1) is 5.92 Å². The van der Waals surface area contributed by atoms with E-state index in [1.807, 2.05) is 6.92 Å². The Labute approximate surface area is 112 Å². The van der Waals surface area contributed by atoms with Gasteiger partial charge in [-0.25, -0.2) is 4.79 Å². The highest BCUT2D eigenvalue weighted by molar-refractivity contribution is 5.88. The summed E-state index contributed by atoms with van der Waals surface area (Å²) in [6, 6.07) is -0.990. The van der Waals surface area contributed by atoms with E-state index in [1.165, 1.54) is 0 Å². The van der Waals surface area contributed by atoms with Crippen molar-refractivity contribution in [3.05, 3.63) is 0 Å². The SMILES string of the molecule is CCCC(CNC(=O)NC1CCN(C)C1=O)C(=O)O. The summed E-state index contributed by atoms with van der Waals surface area (Å²) in [4.78, 5) is 35.6. The van der Waals surface area contributed by atoms with Gasteiger partial charge in [-0.3, -0.25) is 9.59 Å². The predicted molar refractivity (Wildman–Crippen MR) is 68.6 cm³/mol. The molecule has 3 amide bonds. The number of likely N-dealkylation sites (tertiary alicyclic amines) is 1. The van der Waals surface area contributed by atoms with Gasteiger partial charge in [-0.1, -0.05) is 13.3 Å². The maximum atomic E-state index is 11.6. The van der Waals surface area contributed by atoms with Crippen LogP contribution in [-0.2, 0) is 9.59 Å². The molecule has 2 unspecified atom stereocenters. The predicted octanol–water partition coefficient (Wildman–Crippen LogP) is 0.0172. The van der Waals surface area contributed by atoms with Gasteiger partial charge in [0.25, 0.3) is 0 Å². The van der Waals surface area contributed by atoms with Gasteiger partial charge in [-0.05, 0) is 12.8 Å². The minimum atomic E-state index is -0.918. The standard InChI is InChI=1S/C12H21N3O4/c1-3-4-8(11(17)18)7-13-12(19)14-9-5-6-15(2)10(9)16/h8-9H,3-7H2,1-2H3,(H,17,18)(H2,13,14,19). The zero-order chi connectivity index (χ0) is 14.4. The highest BCUT2D eigenvalue weighted by atomic mass is 16.4. The van der Waals surface area contributed by atoms with Crippen LogP contribution in [0.1, 0.15) is 26.2 Å². The maximum absolute atomic E-state index is 11.6. The van der Waals surface area contributed by atoms with Crippen LogP contribution in [-0.4, -0.2) is 54.1 Å². The number of carbonyl (C=O) groups is 3. The topological polar surface area (TPSA) is 98.7 Å². The van der Waals surface area contributed by atoms with Crippen LogP contribution in [0.25, 0.3) is 0 Å². The summed E-state index contributed by atoms with van der Waals surface area (Å²) in [6.07, 6.45) is 1.84. The third kappa shape index (κ3) is 4.42. The van der Waals surface area contributed by atoms with Crippen LogP contribution in [0.3, 0.4) is 0 Å². The number of nitrogens with zero attached hydrogens (tertiary/aromatic N) is 1. The second kappa shape index (κ2) is 6.96. The van der Waals surface area contributed by atoms with E-state index in [4.69, 9.17) is 5.11 Å². The molecule has 19 heavy (non-hydrogen) atoms. The second-order valence-electron chi connectivity index (χ2n) is 4.78. The molecule has 0 spiro atoms. The third-order valence-corrected chi connectivity index (χ3v) is 3.23. The van der Waals surface area contributed by atoms with Crippen molar-refractivity contribution in [1.82, 2.24) is 15.5 Å². The first-order chi connectivity index (χ1) is 8.95. The number of carboxylic acids is 1. The van der Waals surface area contributed by atoms with E-state index in [0.717, 1.165) is 6.42 Å². The van der Waals surface area contributed by atoms with Gasteiger partial charge in [0.2, 0.25) is 5.91 Å². The van der Waals surface area contributed by atoms with E-state index in [0.29, 0.717) is 19.4 Å². The fourth-order valence-electron chi connectivity index (χ4n) is 2.04. The Hall–Kier alpha value is -1.79. The van der Waals surface area contributed by atoms with Crippen molar-refractivity contribution in [2.45, 2.75) is 32.2 Å². The van der Waals surface area contributed by atoms with Crippen molar-refractivity contribution in [2.75, 3.05) is 20.1 Å². The first-order valence-corrected chi connectivity index (χ1v) is 6.47. The molecule has 0 bridgehead atoms. The monoisotopic (exact) mass is 271 g/mol. The molecule has 2 atom stereocenters. The molecule has 0 aromatic rings. The molecular weight excluding hydrogens is 250 g/mol. The van der Waals surface area contributed by atoms with E-state index in [9.17, 15) is 14.4 Å². The summed E-state index contributed by atoms with van der Waals surface area (Å²) >= 11 is 0. The zero-order valence-corrected chi connectivity index (χ0v) is 11.3. The minimum absolute atomic E-state index is 0.0752. The van der Waals surface area contributed by atoms with Gasteiger partial charge in [0.15, 0.2) is 0 Å². The summed E-state index contributed by atoms with van der Waals surface area (Å²) in [6.45, 7) is 2.59. The van der Waals surface area contributed by atoms with E-state index in [2.05, 4.69) is 10.6 Å². The van der Waals surface area contributed by atoms with E-state index in [-0.39, 0.29) is 12.5 Å². The van der Waals surface area contributed by atoms with Gasteiger partial charge in [0.05, 0.1) is 5.92 Å². The Morgan fingerprint density at radius 2 is 2.21 bits per heavy atom. The molecule has 1 rings (SSSR count). The van der Waals surface area contributed by atoms with Gasteiger partial charge < -0.3 is 20.6 Å². The molecular formula is C12H21N3O4. The van der Waals surface area contributed by atoms with Crippen molar-refractivity contribution in [3.8, 4) is 0 Å². The molecule has 1 heterocycles. The van der Waals surface area contributed by atoms with Crippen molar-refractivity contribution < 1.29 is 19.5 Å². The first-order valence-electron chi connectivity index (χ1n) is 6.47. The summed E-state index contributed by atoms with van der Waals surface area (Å²) in [7, 11) is 1.68. The number of hydrogen-bond acceptors (Lipinski definition) is 3. The van der Waals surface area contributed by atoms with E-state index < -0.39 is 24.0 Å². The minimum Gasteiger partial charge on any atom is -0.481 e. The zero-order valence-electron chi connectivity index (χ0n) is 11.3. The molecule has 7 nitrogen and oxygen atoms in total. The number of aliphatic carboxylic acids is 1. The normalized spacial score (nSPS) is 20.2.